The molecule has 5 rings (SSSR count). The van der Waals surface area contributed by atoms with E-state index in [1.165, 1.54) is 11.3 Å². The van der Waals surface area contributed by atoms with Gasteiger partial charge in [0.15, 0.2) is 5.72 Å². The van der Waals surface area contributed by atoms with Crippen molar-refractivity contribution in [2.24, 2.45) is 5.92 Å². The minimum absolute atomic E-state index is 0.0273. The molecule has 1 saturated heterocycles. The van der Waals surface area contributed by atoms with Gasteiger partial charge in [-0.1, -0.05) is 77.1 Å². The van der Waals surface area contributed by atoms with E-state index < -0.39 is 23.8 Å². The van der Waals surface area contributed by atoms with Gasteiger partial charge in [-0.05, 0) is 29.0 Å². The van der Waals surface area contributed by atoms with Gasteiger partial charge in [0.2, 0.25) is 0 Å². The predicted molar refractivity (Wildman–Crippen MR) is 162 cm³/mol. The molecule has 0 spiro atoms. The molecule has 9 heteroatoms. The molecule has 0 saturated carbocycles. The number of carbonyl (C=O) groups is 2. The summed E-state index contributed by atoms with van der Waals surface area (Å²) in [5.41, 5.74) is 2.30. The third kappa shape index (κ3) is 5.92. The maximum absolute atomic E-state index is 14.6. The second-order valence-electron chi connectivity index (χ2n) is 12.2. The van der Waals surface area contributed by atoms with Crippen molar-refractivity contribution in [3.05, 3.63) is 101 Å². The molecule has 1 aliphatic heterocycles. The van der Waals surface area contributed by atoms with Crippen LogP contribution in [0.15, 0.2) is 78.6 Å². The largest absolute Gasteiger partial charge is 0.507 e. The molecule has 1 amide bonds. The minimum Gasteiger partial charge on any atom is -0.450 e. The maximum Gasteiger partial charge on any atom is 0.507 e. The van der Waals surface area contributed by atoms with Gasteiger partial charge in [0.05, 0.1) is 17.4 Å². The molecule has 218 valence electrons. The van der Waals surface area contributed by atoms with Gasteiger partial charge in [0, 0.05) is 53.9 Å². The zero-order valence-corrected chi connectivity index (χ0v) is 25.3. The van der Waals surface area contributed by atoms with Crippen molar-refractivity contribution in [1.82, 2.24) is 19.9 Å². The van der Waals surface area contributed by atoms with Crippen molar-refractivity contribution >= 4 is 23.4 Å². The van der Waals surface area contributed by atoms with E-state index in [1.54, 1.807) is 23.5 Å². The quantitative estimate of drug-likeness (QED) is 0.222. The standard InChI is InChI=1S/C33H36N4O4S/c1-21(2)17-33(41-31(39)40)18-25(26-19-34-15-16-35-26)28(27-20-42-29(36-27)22-9-7-6-8-10-22)37(33)30(38)23-11-13-24(14-12-23)32(3,4)5/h6-16,19-21,25,28H,17-18H2,1-5H3,(H,39,40)/t25-,28-,33+/m1/s1. The Labute approximate surface area is 250 Å². The van der Waals surface area contributed by atoms with Crippen LogP contribution in [-0.4, -0.2) is 42.7 Å². The molecule has 1 aliphatic rings. The summed E-state index contributed by atoms with van der Waals surface area (Å²) in [6, 6.07) is 16.8. The lowest BCUT2D eigenvalue weighted by atomic mass is 9.86. The van der Waals surface area contributed by atoms with Crippen LogP contribution >= 0.6 is 11.3 Å². The molecule has 0 aliphatic carbocycles. The molecule has 3 heterocycles. The van der Waals surface area contributed by atoms with Crippen LogP contribution in [0.3, 0.4) is 0 Å². The number of aromatic nitrogens is 3. The minimum atomic E-state index is -1.44. The van der Waals surface area contributed by atoms with Gasteiger partial charge in [-0.3, -0.25) is 19.7 Å². The first kappa shape index (κ1) is 29.4. The number of rotatable bonds is 7. The number of hydrogen-bond donors (Lipinski definition) is 1. The van der Waals surface area contributed by atoms with Crippen LogP contribution in [0.5, 0.6) is 0 Å². The Hall–Kier alpha value is -4.11. The van der Waals surface area contributed by atoms with Crippen molar-refractivity contribution in [3.8, 4) is 10.6 Å². The number of nitrogens with zero attached hydrogens (tertiary/aromatic N) is 4. The average Bonchev–Trinajstić information content (AvgIpc) is 3.56. The van der Waals surface area contributed by atoms with Crippen LogP contribution in [0.2, 0.25) is 0 Å². The lowest BCUT2D eigenvalue weighted by Gasteiger charge is -2.40. The Bertz CT molecular complexity index is 1530. The Balaban J connectivity index is 1.69. The molecule has 1 N–H and O–H groups in total. The van der Waals surface area contributed by atoms with Gasteiger partial charge in [-0.2, -0.15) is 0 Å². The molecule has 0 unspecified atom stereocenters. The fourth-order valence-corrected chi connectivity index (χ4v) is 6.76. The van der Waals surface area contributed by atoms with Gasteiger partial charge >= 0.3 is 6.16 Å². The highest BCUT2D eigenvalue weighted by Gasteiger charge is 2.58. The maximum atomic E-state index is 14.6. The fraction of sp³-hybridized carbons (Fsp3) is 0.364. The summed E-state index contributed by atoms with van der Waals surface area (Å²) < 4.78 is 5.79. The van der Waals surface area contributed by atoms with Gasteiger partial charge in [0.1, 0.15) is 5.01 Å². The second-order valence-corrected chi connectivity index (χ2v) is 13.1. The molecule has 8 nitrogen and oxygen atoms in total. The summed E-state index contributed by atoms with van der Waals surface area (Å²) in [5.74, 6) is -0.692. The lowest BCUT2D eigenvalue weighted by molar-refractivity contribution is -0.108. The van der Waals surface area contributed by atoms with Crippen molar-refractivity contribution < 1.29 is 19.4 Å². The summed E-state index contributed by atoms with van der Waals surface area (Å²) in [6.45, 7) is 10.3. The molecule has 0 bridgehead atoms. The normalized spacial score (nSPS) is 20.6. The van der Waals surface area contributed by atoms with Crippen LogP contribution in [-0.2, 0) is 10.2 Å². The number of ether oxygens (including phenoxy) is 1. The Kier molecular flexibility index (Phi) is 8.14. The van der Waals surface area contributed by atoms with Gasteiger partial charge < -0.3 is 9.84 Å². The van der Waals surface area contributed by atoms with Crippen LogP contribution < -0.4 is 0 Å². The smallest absolute Gasteiger partial charge is 0.450 e. The van der Waals surface area contributed by atoms with Gasteiger partial charge in [0.25, 0.3) is 5.91 Å². The molecular formula is C33H36N4O4S. The summed E-state index contributed by atoms with van der Waals surface area (Å²) in [5, 5.41) is 12.8. The molecular weight excluding hydrogens is 548 g/mol. The Morgan fingerprint density at radius 3 is 2.38 bits per heavy atom. The molecule has 0 radical (unpaired) electrons. The number of thiazole rings is 1. The van der Waals surface area contributed by atoms with E-state index in [9.17, 15) is 14.7 Å². The monoisotopic (exact) mass is 584 g/mol. The van der Waals surface area contributed by atoms with E-state index in [0.29, 0.717) is 23.4 Å². The topological polar surface area (TPSA) is 106 Å². The first-order valence-electron chi connectivity index (χ1n) is 14.1. The van der Waals surface area contributed by atoms with E-state index in [2.05, 4.69) is 30.7 Å². The van der Waals surface area contributed by atoms with E-state index >= 15 is 0 Å². The number of likely N-dealkylation sites (tertiary alicyclic amines) is 1. The third-order valence-corrected chi connectivity index (χ3v) is 8.58. The molecule has 2 aromatic carbocycles. The number of carbonyl (C=O) groups excluding carboxylic acids is 1. The van der Waals surface area contributed by atoms with Crippen LogP contribution in [0.25, 0.3) is 10.6 Å². The second kappa shape index (κ2) is 11.6. The Morgan fingerprint density at radius 1 is 1.07 bits per heavy atom. The van der Waals surface area contributed by atoms with Crippen molar-refractivity contribution in [2.75, 3.05) is 0 Å². The van der Waals surface area contributed by atoms with E-state index in [1.807, 2.05) is 73.8 Å². The molecule has 2 aromatic heterocycles. The van der Waals surface area contributed by atoms with Crippen molar-refractivity contribution in [2.45, 2.75) is 70.6 Å². The average molecular weight is 585 g/mol. The zero-order chi connectivity index (χ0) is 30.1. The van der Waals surface area contributed by atoms with E-state index in [-0.39, 0.29) is 23.7 Å². The van der Waals surface area contributed by atoms with Crippen molar-refractivity contribution in [1.29, 1.82) is 0 Å². The number of benzene rings is 2. The first-order valence-corrected chi connectivity index (χ1v) is 15.0. The number of carboxylic acid groups (broad SMARTS) is 1. The van der Waals surface area contributed by atoms with E-state index in [0.717, 1.165) is 16.1 Å². The SMILES string of the molecule is CC(C)C[C@]1(OC(=O)O)C[C@H](c2cnccn2)[C@H](c2csc(-c3ccccc3)n2)N1C(=O)c1ccc(C(C)(C)C)cc1. The van der Waals surface area contributed by atoms with Gasteiger partial charge in [-0.25, -0.2) is 9.78 Å². The summed E-state index contributed by atoms with van der Waals surface area (Å²) in [6.07, 6.45) is 3.99. The molecule has 1 fully saturated rings. The third-order valence-electron chi connectivity index (χ3n) is 7.67. The molecule has 4 aromatic rings. The van der Waals surface area contributed by atoms with Crippen LogP contribution in [0.4, 0.5) is 4.79 Å². The number of hydrogen-bond acceptors (Lipinski definition) is 7. The first-order chi connectivity index (χ1) is 20.0. The highest BCUT2D eigenvalue weighted by molar-refractivity contribution is 7.13. The van der Waals surface area contributed by atoms with Crippen LogP contribution in [0.1, 0.15) is 86.7 Å². The van der Waals surface area contributed by atoms with Gasteiger partial charge in [-0.15, -0.1) is 11.3 Å². The number of amides is 1. The molecule has 42 heavy (non-hydrogen) atoms. The van der Waals surface area contributed by atoms with Crippen LogP contribution in [0, 0.1) is 5.92 Å². The van der Waals surface area contributed by atoms with Crippen molar-refractivity contribution in [3.63, 3.8) is 0 Å². The predicted octanol–water partition coefficient (Wildman–Crippen LogP) is 7.71. The van der Waals surface area contributed by atoms with E-state index in [4.69, 9.17) is 9.72 Å². The zero-order valence-electron chi connectivity index (χ0n) is 24.5. The summed E-state index contributed by atoms with van der Waals surface area (Å²) in [4.78, 5) is 42.4. The summed E-state index contributed by atoms with van der Waals surface area (Å²) in [7, 11) is 0. The highest BCUT2D eigenvalue weighted by Crippen LogP contribution is 2.54. The lowest BCUT2D eigenvalue weighted by Crippen LogP contribution is -2.52. The fourth-order valence-electron chi connectivity index (χ4n) is 5.91. The molecule has 3 atom stereocenters. The highest BCUT2D eigenvalue weighted by atomic mass is 32.1. The summed E-state index contributed by atoms with van der Waals surface area (Å²) >= 11 is 1.49. The Morgan fingerprint density at radius 2 is 1.79 bits per heavy atom.